The van der Waals surface area contributed by atoms with Gasteiger partial charge in [0.1, 0.15) is 18.8 Å². The van der Waals surface area contributed by atoms with Crippen LogP contribution < -0.4 is 0 Å². The van der Waals surface area contributed by atoms with Crippen LogP contribution in [0.15, 0.2) is 36.7 Å². The number of carbonyl (C=O) groups is 1. The fourth-order valence-electron chi connectivity index (χ4n) is 3.13. The molecular weight excluding hydrogens is 292 g/mol. The standard InChI is InChI=1S/C17H22N4O2/c1-23-12-17(22)20-9-5-6-14(11-20)10-16-19-18-13-21(16)15-7-3-2-4-8-15/h2-4,7-8,13-14H,5-6,9-12H2,1H3. The molecule has 2 heterocycles. The topological polar surface area (TPSA) is 60.2 Å². The Morgan fingerprint density at radius 1 is 1.35 bits per heavy atom. The minimum atomic E-state index is 0.0710. The van der Waals surface area contributed by atoms with Crippen molar-refractivity contribution in [3.8, 4) is 5.69 Å². The van der Waals surface area contributed by atoms with Gasteiger partial charge in [-0.3, -0.25) is 9.36 Å². The van der Waals surface area contributed by atoms with Crippen molar-refractivity contribution in [1.82, 2.24) is 19.7 Å². The lowest BCUT2D eigenvalue weighted by atomic mass is 9.94. The highest BCUT2D eigenvalue weighted by Crippen LogP contribution is 2.21. The summed E-state index contributed by atoms with van der Waals surface area (Å²) < 4.78 is 6.98. The number of amides is 1. The minimum Gasteiger partial charge on any atom is -0.375 e. The van der Waals surface area contributed by atoms with E-state index in [9.17, 15) is 4.79 Å². The Balaban J connectivity index is 1.68. The SMILES string of the molecule is COCC(=O)N1CCCC(Cc2nncn2-c2ccccc2)C1. The zero-order valence-electron chi connectivity index (χ0n) is 13.4. The Kier molecular flexibility index (Phi) is 5.02. The highest BCUT2D eigenvalue weighted by atomic mass is 16.5. The van der Waals surface area contributed by atoms with Crippen molar-refractivity contribution in [3.05, 3.63) is 42.5 Å². The van der Waals surface area contributed by atoms with Gasteiger partial charge in [-0.05, 0) is 30.9 Å². The predicted octanol–water partition coefficient (Wildman–Crippen LogP) is 1.69. The largest absolute Gasteiger partial charge is 0.375 e. The normalized spacial score (nSPS) is 18.1. The third-order valence-electron chi connectivity index (χ3n) is 4.26. The van der Waals surface area contributed by atoms with Gasteiger partial charge in [0.2, 0.25) is 5.91 Å². The van der Waals surface area contributed by atoms with Gasteiger partial charge in [-0.1, -0.05) is 18.2 Å². The molecule has 1 saturated heterocycles. The maximum absolute atomic E-state index is 12.0. The van der Waals surface area contributed by atoms with E-state index in [0.29, 0.717) is 5.92 Å². The summed E-state index contributed by atoms with van der Waals surface area (Å²) in [6, 6.07) is 10.1. The number of nitrogens with zero attached hydrogens (tertiary/aromatic N) is 4. The number of rotatable bonds is 5. The Morgan fingerprint density at radius 2 is 2.17 bits per heavy atom. The highest BCUT2D eigenvalue weighted by molar-refractivity contribution is 5.77. The number of hydrogen-bond donors (Lipinski definition) is 0. The lowest BCUT2D eigenvalue weighted by Crippen LogP contribution is -2.42. The van der Waals surface area contributed by atoms with Crippen molar-refractivity contribution in [2.24, 2.45) is 5.92 Å². The lowest BCUT2D eigenvalue weighted by Gasteiger charge is -2.32. The first-order valence-electron chi connectivity index (χ1n) is 7.99. The smallest absolute Gasteiger partial charge is 0.248 e. The molecule has 1 amide bonds. The predicted molar refractivity (Wildman–Crippen MR) is 86.2 cm³/mol. The monoisotopic (exact) mass is 314 g/mol. The average molecular weight is 314 g/mol. The quantitative estimate of drug-likeness (QED) is 0.843. The summed E-state index contributed by atoms with van der Waals surface area (Å²) in [5.74, 6) is 1.43. The number of carbonyl (C=O) groups excluding carboxylic acids is 1. The van der Waals surface area contributed by atoms with Crippen molar-refractivity contribution >= 4 is 5.91 Å². The van der Waals surface area contributed by atoms with E-state index in [1.165, 1.54) is 0 Å². The number of benzene rings is 1. The van der Waals surface area contributed by atoms with Gasteiger partial charge in [0.05, 0.1) is 0 Å². The second-order valence-corrected chi connectivity index (χ2v) is 5.94. The lowest BCUT2D eigenvalue weighted by molar-refractivity contribution is -0.136. The van der Waals surface area contributed by atoms with E-state index in [0.717, 1.165) is 43.9 Å². The van der Waals surface area contributed by atoms with E-state index in [-0.39, 0.29) is 12.5 Å². The van der Waals surface area contributed by atoms with Crippen LogP contribution in [0.3, 0.4) is 0 Å². The summed E-state index contributed by atoms with van der Waals surface area (Å²) in [6.07, 6.45) is 4.71. The molecule has 0 N–H and O–H groups in total. The van der Waals surface area contributed by atoms with Crippen LogP contribution in [-0.2, 0) is 16.0 Å². The van der Waals surface area contributed by atoms with Crippen LogP contribution in [0, 0.1) is 5.92 Å². The molecule has 1 fully saturated rings. The van der Waals surface area contributed by atoms with Crippen LogP contribution in [0.2, 0.25) is 0 Å². The van der Waals surface area contributed by atoms with E-state index in [4.69, 9.17) is 4.74 Å². The summed E-state index contributed by atoms with van der Waals surface area (Å²) in [4.78, 5) is 13.9. The molecule has 1 aliphatic heterocycles. The first-order valence-corrected chi connectivity index (χ1v) is 7.99. The van der Waals surface area contributed by atoms with Gasteiger partial charge in [0.15, 0.2) is 0 Å². The first kappa shape index (κ1) is 15.7. The fourth-order valence-corrected chi connectivity index (χ4v) is 3.13. The van der Waals surface area contributed by atoms with Crippen LogP contribution in [0.25, 0.3) is 5.69 Å². The van der Waals surface area contributed by atoms with Crippen LogP contribution in [0.4, 0.5) is 0 Å². The van der Waals surface area contributed by atoms with Crippen LogP contribution in [0.1, 0.15) is 18.7 Å². The van der Waals surface area contributed by atoms with Crippen LogP contribution >= 0.6 is 0 Å². The Labute approximate surface area is 136 Å². The average Bonchev–Trinajstić information content (AvgIpc) is 3.04. The van der Waals surface area contributed by atoms with Gasteiger partial charge in [0, 0.05) is 32.3 Å². The Bertz CT molecular complexity index is 641. The minimum absolute atomic E-state index is 0.0710. The zero-order chi connectivity index (χ0) is 16.1. The molecule has 1 aromatic carbocycles. The molecular formula is C17H22N4O2. The van der Waals surface area contributed by atoms with Crippen molar-refractivity contribution in [2.75, 3.05) is 26.8 Å². The van der Waals surface area contributed by atoms with Gasteiger partial charge >= 0.3 is 0 Å². The number of hydrogen-bond acceptors (Lipinski definition) is 4. The molecule has 3 rings (SSSR count). The third kappa shape index (κ3) is 3.76. The molecule has 0 bridgehead atoms. The summed E-state index contributed by atoms with van der Waals surface area (Å²) >= 11 is 0. The van der Waals surface area contributed by atoms with Crippen molar-refractivity contribution < 1.29 is 9.53 Å². The number of likely N-dealkylation sites (tertiary alicyclic amines) is 1. The van der Waals surface area contributed by atoms with Gasteiger partial charge in [-0.2, -0.15) is 0 Å². The number of methoxy groups -OCH3 is 1. The van der Waals surface area contributed by atoms with Gasteiger partial charge < -0.3 is 9.64 Å². The number of ether oxygens (including phenoxy) is 1. The number of para-hydroxylation sites is 1. The highest BCUT2D eigenvalue weighted by Gasteiger charge is 2.25. The van der Waals surface area contributed by atoms with Crippen molar-refractivity contribution in [2.45, 2.75) is 19.3 Å². The van der Waals surface area contributed by atoms with E-state index in [1.807, 2.05) is 39.8 Å². The summed E-state index contributed by atoms with van der Waals surface area (Å²) in [6.45, 7) is 1.75. The first-order chi connectivity index (χ1) is 11.3. The molecule has 0 aliphatic carbocycles. The maximum Gasteiger partial charge on any atom is 0.248 e. The van der Waals surface area contributed by atoms with Crippen molar-refractivity contribution in [1.29, 1.82) is 0 Å². The summed E-state index contributed by atoms with van der Waals surface area (Å²) in [7, 11) is 1.56. The van der Waals surface area contributed by atoms with E-state index >= 15 is 0 Å². The molecule has 2 aromatic rings. The van der Waals surface area contributed by atoms with E-state index in [2.05, 4.69) is 10.2 Å². The zero-order valence-corrected chi connectivity index (χ0v) is 13.4. The second kappa shape index (κ2) is 7.37. The van der Waals surface area contributed by atoms with E-state index in [1.54, 1.807) is 13.4 Å². The third-order valence-corrected chi connectivity index (χ3v) is 4.26. The molecule has 0 radical (unpaired) electrons. The number of piperidine rings is 1. The Hall–Kier alpha value is -2.21. The maximum atomic E-state index is 12.0. The molecule has 6 nitrogen and oxygen atoms in total. The number of aromatic nitrogens is 3. The molecule has 0 saturated carbocycles. The molecule has 1 aromatic heterocycles. The fraction of sp³-hybridized carbons (Fsp3) is 0.471. The van der Waals surface area contributed by atoms with Crippen LogP contribution in [0.5, 0.6) is 0 Å². The molecule has 0 spiro atoms. The summed E-state index contributed by atoms with van der Waals surface area (Å²) in [5.41, 5.74) is 1.07. The molecule has 1 aliphatic rings. The Morgan fingerprint density at radius 3 is 2.96 bits per heavy atom. The summed E-state index contributed by atoms with van der Waals surface area (Å²) in [5, 5.41) is 8.34. The van der Waals surface area contributed by atoms with Gasteiger partial charge in [-0.25, -0.2) is 0 Å². The van der Waals surface area contributed by atoms with Crippen molar-refractivity contribution in [3.63, 3.8) is 0 Å². The molecule has 122 valence electrons. The molecule has 1 unspecified atom stereocenters. The van der Waals surface area contributed by atoms with E-state index < -0.39 is 0 Å². The van der Waals surface area contributed by atoms with Gasteiger partial charge in [0.25, 0.3) is 0 Å². The molecule has 23 heavy (non-hydrogen) atoms. The molecule has 1 atom stereocenters. The van der Waals surface area contributed by atoms with Crippen LogP contribution in [-0.4, -0.2) is 52.4 Å². The van der Waals surface area contributed by atoms with Gasteiger partial charge in [-0.15, -0.1) is 10.2 Å². The molecule has 6 heteroatoms. The second-order valence-electron chi connectivity index (χ2n) is 5.94.